The lowest BCUT2D eigenvalue weighted by Gasteiger charge is -2.53. The van der Waals surface area contributed by atoms with Crippen LogP contribution in [0.25, 0.3) is 0 Å². The van der Waals surface area contributed by atoms with Gasteiger partial charge in [0.1, 0.15) is 5.01 Å². The number of aromatic nitrogens is 2. The van der Waals surface area contributed by atoms with Gasteiger partial charge < -0.3 is 5.32 Å². The quantitative estimate of drug-likeness (QED) is 0.919. The highest BCUT2D eigenvalue weighted by atomic mass is 32.1. The van der Waals surface area contributed by atoms with Gasteiger partial charge in [0.25, 0.3) is 0 Å². The average molecular weight is 319 g/mol. The lowest BCUT2D eigenvalue weighted by atomic mass is 9.51. The van der Waals surface area contributed by atoms with Crippen molar-refractivity contribution in [2.45, 2.75) is 52.4 Å². The summed E-state index contributed by atoms with van der Waals surface area (Å²) < 4.78 is 0. The largest absolute Gasteiger partial charge is 0.300 e. The summed E-state index contributed by atoms with van der Waals surface area (Å²) in [4.78, 5) is 12.8. The van der Waals surface area contributed by atoms with Crippen LogP contribution in [0.4, 0.5) is 5.13 Å². The van der Waals surface area contributed by atoms with Crippen molar-refractivity contribution in [1.29, 1.82) is 0 Å². The van der Waals surface area contributed by atoms with Crippen molar-refractivity contribution >= 4 is 22.4 Å². The molecule has 4 aliphatic carbocycles. The van der Waals surface area contributed by atoms with E-state index in [-0.39, 0.29) is 11.8 Å². The minimum atomic E-state index is 0.209. The van der Waals surface area contributed by atoms with Gasteiger partial charge in [0.05, 0.1) is 0 Å². The van der Waals surface area contributed by atoms with Gasteiger partial charge in [0.2, 0.25) is 11.0 Å². The number of rotatable bonds is 4. The van der Waals surface area contributed by atoms with Crippen molar-refractivity contribution in [3.8, 4) is 0 Å². The molecular weight excluding hydrogens is 294 g/mol. The van der Waals surface area contributed by atoms with E-state index in [0.29, 0.717) is 22.9 Å². The van der Waals surface area contributed by atoms with E-state index in [1.54, 1.807) is 0 Å². The van der Waals surface area contributed by atoms with Gasteiger partial charge in [0, 0.05) is 12.3 Å². The number of anilines is 1. The minimum absolute atomic E-state index is 0.209. The molecule has 22 heavy (non-hydrogen) atoms. The lowest BCUT2D eigenvalue weighted by molar-refractivity contribution is -0.132. The standard InChI is InChI=1S/C17H25N3OS/c1-9(2)3-14-19-20-17(22-14)18-16(21)15-12-5-10-4-11(7-12)8-13(15)6-10/h9-13,15H,3-8H2,1-2H3,(H,18,20,21). The molecule has 5 heteroatoms. The molecule has 0 saturated heterocycles. The van der Waals surface area contributed by atoms with Crippen molar-refractivity contribution in [1.82, 2.24) is 10.2 Å². The van der Waals surface area contributed by atoms with Crippen LogP contribution >= 0.6 is 11.3 Å². The second-order valence-corrected chi connectivity index (χ2v) is 9.11. The maximum absolute atomic E-state index is 12.8. The van der Waals surface area contributed by atoms with Crippen LogP contribution in [0, 0.1) is 35.5 Å². The van der Waals surface area contributed by atoms with Gasteiger partial charge in [-0.2, -0.15) is 0 Å². The Hall–Kier alpha value is -0.970. The van der Waals surface area contributed by atoms with Crippen LogP contribution in [0.2, 0.25) is 0 Å². The molecule has 0 aromatic carbocycles. The molecule has 1 amide bonds. The predicted octanol–water partition coefficient (Wildman–Crippen LogP) is 3.75. The highest BCUT2D eigenvalue weighted by Crippen LogP contribution is 2.56. The summed E-state index contributed by atoms with van der Waals surface area (Å²) in [6.07, 6.45) is 7.47. The van der Waals surface area contributed by atoms with Crippen LogP contribution in [-0.2, 0) is 11.2 Å². The van der Waals surface area contributed by atoms with E-state index in [4.69, 9.17) is 0 Å². The normalized spacial score (nSPS) is 36.0. The molecule has 4 nitrogen and oxygen atoms in total. The Kier molecular flexibility index (Phi) is 3.71. The fraction of sp³-hybridized carbons (Fsp3) is 0.824. The maximum atomic E-state index is 12.8. The van der Waals surface area contributed by atoms with Gasteiger partial charge >= 0.3 is 0 Å². The van der Waals surface area contributed by atoms with Gasteiger partial charge in [-0.05, 0) is 61.7 Å². The molecule has 4 aliphatic rings. The van der Waals surface area contributed by atoms with E-state index in [1.165, 1.54) is 43.4 Å². The lowest BCUT2D eigenvalue weighted by Crippen LogP contribution is -2.49. The van der Waals surface area contributed by atoms with Gasteiger partial charge in [-0.3, -0.25) is 4.79 Å². The second-order valence-electron chi connectivity index (χ2n) is 8.04. The second kappa shape index (κ2) is 5.59. The molecule has 1 heterocycles. The Morgan fingerprint density at radius 2 is 1.77 bits per heavy atom. The van der Waals surface area contributed by atoms with Gasteiger partial charge in [0.15, 0.2) is 0 Å². The molecule has 1 aromatic heterocycles. The highest BCUT2D eigenvalue weighted by molar-refractivity contribution is 7.15. The number of carbonyl (C=O) groups excluding carboxylic acids is 1. The van der Waals surface area contributed by atoms with Crippen molar-refractivity contribution in [3.05, 3.63) is 5.01 Å². The van der Waals surface area contributed by atoms with Gasteiger partial charge in [-0.15, -0.1) is 10.2 Å². The molecule has 0 atom stereocenters. The third-order valence-electron chi connectivity index (χ3n) is 5.81. The zero-order chi connectivity index (χ0) is 15.3. The zero-order valence-corrected chi connectivity index (χ0v) is 14.2. The number of carbonyl (C=O) groups is 1. The van der Waals surface area contributed by atoms with Crippen LogP contribution in [-0.4, -0.2) is 16.1 Å². The molecule has 4 bridgehead atoms. The Labute approximate surface area is 136 Å². The van der Waals surface area contributed by atoms with E-state index >= 15 is 0 Å². The first-order chi connectivity index (χ1) is 10.6. The SMILES string of the molecule is CC(C)Cc1nnc(NC(=O)C2C3CC4CC(C3)CC2C4)s1. The Balaban J connectivity index is 1.43. The summed E-state index contributed by atoms with van der Waals surface area (Å²) in [5, 5.41) is 13.1. The molecule has 5 rings (SSSR count). The first kappa shape index (κ1) is 14.6. The van der Waals surface area contributed by atoms with Crippen LogP contribution in [0.3, 0.4) is 0 Å². The third kappa shape index (κ3) is 2.68. The zero-order valence-electron chi connectivity index (χ0n) is 13.4. The molecule has 0 aliphatic heterocycles. The van der Waals surface area contributed by atoms with Crippen LogP contribution in [0.1, 0.15) is 51.0 Å². The highest BCUT2D eigenvalue weighted by Gasteiger charge is 2.50. The Morgan fingerprint density at radius 1 is 1.14 bits per heavy atom. The Bertz CT molecular complexity index is 540. The summed E-state index contributed by atoms with van der Waals surface area (Å²) in [6, 6.07) is 0. The van der Waals surface area contributed by atoms with Crippen molar-refractivity contribution in [2.75, 3.05) is 5.32 Å². The van der Waals surface area contributed by atoms with Crippen molar-refractivity contribution in [3.63, 3.8) is 0 Å². The van der Waals surface area contributed by atoms with Crippen LogP contribution in [0.15, 0.2) is 0 Å². The van der Waals surface area contributed by atoms with Gasteiger partial charge in [-0.25, -0.2) is 0 Å². The molecular formula is C17H25N3OS. The minimum Gasteiger partial charge on any atom is -0.300 e. The molecule has 1 N–H and O–H groups in total. The number of nitrogens with zero attached hydrogens (tertiary/aromatic N) is 2. The predicted molar refractivity (Wildman–Crippen MR) is 87.6 cm³/mol. The number of hydrogen-bond acceptors (Lipinski definition) is 4. The van der Waals surface area contributed by atoms with Gasteiger partial charge in [-0.1, -0.05) is 25.2 Å². The molecule has 4 saturated carbocycles. The maximum Gasteiger partial charge on any atom is 0.229 e. The molecule has 120 valence electrons. The van der Waals surface area contributed by atoms with E-state index in [0.717, 1.165) is 23.3 Å². The summed E-state index contributed by atoms with van der Waals surface area (Å²) in [5.41, 5.74) is 0. The van der Waals surface area contributed by atoms with E-state index in [9.17, 15) is 4.79 Å². The molecule has 1 aromatic rings. The summed E-state index contributed by atoms with van der Waals surface area (Å²) >= 11 is 1.54. The summed E-state index contributed by atoms with van der Waals surface area (Å²) in [7, 11) is 0. The van der Waals surface area contributed by atoms with E-state index < -0.39 is 0 Å². The van der Waals surface area contributed by atoms with Crippen molar-refractivity contribution in [2.24, 2.45) is 35.5 Å². The topological polar surface area (TPSA) is 54.9 Å². The average Bonchev–Trinajstić information content (AvgIpc) is 2.83. The first-order valence-corrected chi connectivity index (χ1v) is 9.53. The molecule has 0 unspecified atom stereocenters. The molecule has 0 radical (unpaired) electrons. The number of nitrogens with one attached hydrogen (secondary N) is 1. The van der Waals surface area contributed by atoms with Crippen LogP contribution < -0.4 is 5.32 Å². The third-order valence-corrected chi connectivity index (χ3v) is 6.67. The monoisotopic (exact) mass is 319 g/mol. The number of hydrogen-bond donors (Lipinski definition) is 1. The summed E-state index contributed by atoms with van der Waals surface area (Å²) in [6.45, 7) is 4.35. The van der Waals surface area contributed by atoms with E-state index in [2.05, 4.69) is 29.4 Å². The first-order valence-electron chi connectivity index (χ1n) is 8.71. The smallest absolute Gasteiger partial charge is 0.229 e. The van der Waals surface area contributed by atoms with Crippen molar-refractivity contribution < 1.29 is 4.79 Å². The summed E-state index contributed by atoms with van der Waals surface area (Å²) in [5.74, 6) is 4.07. The molecule has 0 spiro atoms. The fourth-order valence-electron chi connectivity index (χ4n) is 5.28. The molecule has 4 fully saturated rings. The van der Waals surface area contributed by atoms with E-state index in [1.807, 2.05) is 0 Å². The number of amides is 1. The Morgan fingerprint density at radius 3 is 2.36 bits per heavy atom. The van der Waals surface area contributed by atoms with Crippen LogP contribution in [0.5, 0.6) is 0 Å². The fourth-order valence-corrected chi connectivity index (χ4v) is 6.23.